The molecule has 3 aromatic carbocycles. The molecule has 0 saturated heterocycles. The Labute approximate surface area is 361 Å². The molecule has 0 bridgehead atoms. The Morgan fingerprint density at radius 3 is 2.33 bits per heavy atom. The lowest BCUT2D eigenvalue weighted by Crippen LogP contribution is -2.23. The molecule has 0 radical (unpaired) electrons. The zero-order valence-corrected chi connectivity index (χ0v) is 36.9. The molecule has 0 spiro atoms. The summed E-state index contributed by atoms with van der Waals surface area (Å²) < 4.78 is 0. The van der Waals surface area contributed by atoms with Crippen LogP contribution in [0.1, 0.15) is 89.1 Å². The van der Waals surface area contributed by atoms with Crippen molar-refractivity contribution in [3.05, 3.63) is 232 Å². The molecule has 0 unspecified atom stereocenters. The van der Waals surface area contributed by atoms with Crippen molar-refractivity contribution in [1.29, 1.82) is 0 Å². The van der Waals surface area contributed by atoms with E-state index in [4.69, 9.17) is 4.99 Å². The lowest BCUT2D eigenvalue weighted by molar-refractivity contribution is 0.516. The van der Waals surface area contributed by atoms with Gasteiger partial charge in [-0.1, -0.05) is 167 Å². The van der Waals surface area contributed by atoms with Gasteiger partial charge < -0.3 is 4.90 Å². The maximum absolute atomic E-state index is 5.42. The molecule has 3 aliphatic rings. The number of aliphatic imine (C=N–C) groups is 1. The van der Waals surface area contributed by atoms with Gasteiger partial charge in [0, 0.05) is 22.5 Å². The van der Waals surface area contributed by atoms with Crippen molar-refractivity contribution >= 4 is 34.3 Å². The van der Waals surface area contributed by atoms with Gasteiger partial charge in [0.05, 0.1) is 17.9 Å². The molecule has 0 fully saturated rings. The molecule has 0 amide bonds. The summed E-state index contributed by atoms with van der Waals surface area (Å²) in [5, 5.41) is 0. The summed E-state index contributed by atoms with van der Waals surface area (Å²) in [6.45, 7) is 24.0. The monoisotopic (exact) mass is 786 g/mol. The highest BCUT2D eigenvalue weighted by molar-refractivity contribution is 6.37. The van der Waals surface area contributed by atoms with Gasteiger partial charge in [0.1, 0.15) is 0 Å². The second-order valence-electron chi connectivity index (χ2n) is 16.8. The molecule has 0 aromatic heterocycles. The van der Waals surface area contributed by atoms with E-state index in [1.165, 1.54) is 72.8 Å². The van der Waals surface area contributed by atoms with Gasteiger partial charge in [-0.15, -0.1) is 6.58 Å². The van der Waals surface area contributed by atoms with E-state index in [2.05, 4.69) is 224 Å². The molecule has 2 nitrogen and oxygen atoms in total. The second kappa shape index (κ2) is 20.1. The van der Waals surface area contributed by atoms with E-state index in [0.717, 1.165) is 42.5 Å². The van der Waals surface area contributed by atoms with Crippen LogP contribution in [-0.2, 0) is 12.8 Å². The fourth-order valence-electron chi connectivity index (χ4n) is 8.06. The molecule has 0 N–H and O–H groups in total. The minimum absolute atomic E-state index is 0.00460. The highest BCUT2D eigenvalue weighted by Crippen LogP contribution is 2.51. The van der Waals surface area contributed by atoms with E-state index in [1.54, 1.807) is 0 Å². The summed E-state index contributed by atoms with van der Waals surface area (Å²) in [7, 11) is 0. The van der Waals surface area contributed by atoms with Crippen LogP contribution in [0.4, 0.5) is 11.4 Å². The maximum atomic E-state index is 5.42. The zero-order chi connectivity index (χ0) is 42.6. The Morgan fingerprint density at radius 1 is 0.817 bits per heavy atom. The average Bonchev–Trinajstić information content (AvgIpc) is 3.71. The Bertz CT molecular complexity index is 2500. The number of hydrogen-bond donors (Lipinski definition) is 0. The van der Waals surface area contributed by atoms with Crippen molar-refractivity contribution in [3.63, 3.8) is 0 Å². The van der Waals surface area contributed by atoms with Crippen molar-refractivity contribution in [2.24, 2.45) is 10.4 Å². The predicted molar refractivity (Wildman–Crippen MR) is 265 cm³/mol. The summed E-state index contributed by atoms with van der Waals surface area (Å²) in [5.74, 6) is 0. The van der Waals surface area contributed by atoms with Crippen LogP contribution < -0.4 is 4.90 Å². The number of anilines is 2. The zero-order valence-electron chi connectivity index (χ0n) is 36.9. The fourth-order valence-corrected chi connectivity index (χ4v) is 8.06. The molecule has 6 rings (SSSR count). The fraction of sp³-hybridized carbons (Fsp3) is 0.224. The summed E-state index contributed by atoms with van der Waals surface area (Å²) in [6.07, 6.45) is 38.3. The molecule has 2 aliphatic heterocycles. The van der Waals surface area contributed by atoms with Crippen LogP contribution in [0.5, 0.6) is 0 Å². The van der Waals surface area contributed by atoms with Crippen molar-refractivity contribution in [2.75, 3.05) is 11.4 Å². The third-order valence-electron chi connectivity index (χ3n) is 11.2. The molecular formula is C58H62N2. The minimum atomic E-state index is -0.00460. The van der Waals surface area contributed by atoms with Gasteiger partial charge in [-0.25, -0.2) is 0 Å². The first kappa shape index (κ1) is 43.3. The van der Waals surface area contributed by atoms with Crippen molar-refractivity contribution in [3.8, 4) is 0 Å². The predicted octanol–water partition coefficient (Wildman–Crippen LogP) is 15.8. The standard InChI is InChI=1S/C58H62N2/c1-10-13-15-31-53-57(50-28-19-18-27-47(50)34-35-48(36-37-59-53)58(7,8)9)56-51-29-20-21-32-54(51)60(55-33-22-30-52(55)56)49-40-45(26-17-16-25-44(6)43(5)23-12-3)39-46(41-49)38-42(4)24-14-11-2/h10-22,24-25,27-29,31-36,39-41H,3,5,23,26,30,37-38H2,1-2,4,6-9H3/b13-10-,14-11-,17-16-,31-15-,35-34-,42-24+,44-25+,48-36+,57-56?,59-53?. The van der Waals surface area contributed by atoms with Crippen LogP contribution in [0.15, 0.2) is 210 Å². The van der Waals surface area contributed by atoms with Crippen LogP contribution in [0, 0.1) is 5.41 Å². The third-order valence-corrected chi connectivity index (χ3v) is 11.2. The number of rotatable bonds is 12. The highest BCUT2D eigenvalue weighted by Gasteiger charge is 2.34. The summed E-state index contributed by atoms with van der Waals surface area (Å²) in [4.78, 5) is 7.92. The molecule has 1 aliphatic carbocycles. The Morgan fingerprint density at radius 2 is 1.57 bits per heavy atom. The van der Waals surface area contributed by atoms with Crippen molar-refractivity contribution in [2.45, 2.75) is 74.1 Å². The van der Waals surface area contributed by atoms with Crippen LogP contribution in [0.2, 0.25) is 0 Å². The van der Waals surface area contributed by atoms with E-state index in [1.807, 2.05) is 6.08 Å². The first-order valence-electron chi connectivity index (χ1n) is 21.4. The number of allylic oxidation sites excluding steroid dienone is 21. The molecule has 0 atom stereocenters. The van der Waals surface area contributed by atoms with E-state index < -0.39 is 0 Å². The molecule has 3 aromatic rings. The lowest BCUT2D eigenvalue weighted by Gasteiger charge is -2.36. The maximum Gasteiger partial charge on any atom is 0.0663 e. The first-order chi connectivity index (χ1) is 29.0. The average molecular weight is 787 g/mol. The third kappa shape index (κ3) is 10.3. The number of nitrogens with zero attached hydrogens (tertiary/aromatic N) is 2. The lowest BCUT2D eigenvalue weighted by atomic mass is 9.80. The van der Waals surface area contributed by atoms with Crippen molar-refractivity contribution < 1.29 is 0 Å². The number of para-hydroxylation sites is 1. The van der Waals surface area contributed by atoms with E-state index in [0.29, 0.717) is 6.54 Å². The highest BCUT2D eigenvalue weighted by atomic mass is 15.2. The topological polar surface area (TPSA) is 15.6 Å². The van der Waals surface area contributed by atoms with E-state index in [9.17, 15) is 0 Å². The summed E-state index contributed by atoms with van der Waals surface area (Å²) >= 11 is 0. The largest absolute Gasteiger partial charge is 0.310 e. The van der Waals surface area contributed by atoms with Gasteiger partial charge in [0.2, 0.25) is 0 Å². The van der Waals surface area contributed by atoms with Gasteiger partial charge in [0.25, 0.3) is 0 Å². The Balaban J connectivity index is 1.58. The smallest absolute Gasteiger partial charge is 0.0663 e. The van der Waals surface area contributed by atoms with E-state index in [-0.39, 0.29) is 5.41 Å². The number of fused-ring (bicyclic) bond motifs is 2. The Hall–Kier alpha value is -6.25. The molecular weight excluding hydrogens is 725 g/mol. The van der Waals surface area contributed by atoms with Crippen molar-refractivity contribution in [1.82, 2.24) is 0 Å². The number of hydrogen-bond acceptors (Lipinski definition) is 2. The van der Waals surface area contributed by atoms with Gasteiger partial charge in [0.15, 0.2) is 0 Å². The van der Waals surface area contributed by atoms with Gasteiger partial charge >= 0.3 is 0 Å². The van der Waals surface area contributed by atoms with Crippen LogP contribution in [0.25, 0.3) is 17.2 Å². The molecule has 0 saturated carbocycles. The summed E-state index contributed by atoms with van der Waals surface area (Å²) in [6, 6.07) is 24.9. The Kier molecular flexibility index (Phi) is 14.5. The normalized spacial score (nSPS) is 18.9. The second-order valence-corrected chi connectivity index (χ2v) is 16.8. The minimum Gasteiger partial charge on any atom is -0.310 e. The number of benzene rings is 3. The van der Waals surface area contributed by atoms with Crippen LogP contribution in [0.3, 0.4) is 0 Å². The van der Waals surface area contributed by atoms with Crippen LogP contribution >= 0.6 is 0 Å². The quantitative estimate of drug-likeness (QED) is 0.132. The SMILES string of the molecule is C=CCC(=C)/C(C)=C/C=C\Cc1cc(C/C(C)=C/C=C\C)cc(N2C3=C(CC=C3)C(=C3C(/C=C\C=C/C)=NC/C=C(C(C)(C)C)\C=C/c4ccccc43)c3ccccc32)c1. The first-order valence-corrected chi connectivity index (χ1v) is 21.4. The van der Waals surface area contributed by atoms with Gasteiger partial charge in [-0.05, 0) is 139 Å². The molecule has 304 valence electrons. The van der Waals surface area contributed by atoms with E-state index >= 15 is 0 Å². The van der Waals surface area contributed by atoms with Crippen LogP contribution in [-0.4, -0.2) is 12.3 Å². The molecule has 2 heteroatoms. The van der Waals surface area contributed by atoms with Gasteiger partial charge in [-0.3, -0.25) is 4.99 Å². The molecule has 60 heavy (non-hydrogen) atoms. The van der Waals surface area contributed by atoms with Gasteiger partial charge in [-0.2, -0.15) is 0 Å². The molecule has 2 heterocycles. The summed E-state index contributed by atoms with van der Waals surface area (Å²) in [5.41, 5.74) is 19.3.